The zero-order valence-electron chi connectivity index (χ0n) is 10.9. The Labute approximate surface area is 109 Å². The van der Waals surface area contributed by atoms with Crippen LogP contribution in [0.3, 0.4) is 0 Å². The Bertz CT molecular complexity index is 388. The van der Waals surface area contributed by atoms with Crippen LogP contribution in [0.2, 0.25) is 0 Å². The van der Waals surface area contributed by atoms with Crippen molar-refractivity contribution in [3.05, 3.63) is 0 Å². The number of carbonyl (C=O) groups excluding carboxylic acids is 1. The first-order chi connectivity index (χ1) is 8.54. The summed E-state index contributed by atoms with van der Waals surface area (Å²) in [4.78, 5) is 10.8. The molecule has 0 amide bonds. The first-order valence-corrected chi connectivity index (χ1v) is 8.14. The van der Waals surface area contributed by atoms with Crippen molar-refractivity contribution in [3.63, 3.8) is 0 Å². The van der Waals surface area contributed by atoms with Gasteiger partial charge in [-0.25, -0.2) is 0 Å². The highest BCUT2D eigenvalue weighted by Crippen LogP contribution is 2.24. The lowest BCUT2D eigenvalue weighted by atomic mass is 10.0. The van der Waals surface area contributed by atoms with Crippen LogP contribution in [0, 0.1) is 11.8 Å². The van der Waals surface area contributed by atoms with Crippen molar-refractivity contribution in [2.45, 2.75) is 32.6 Å². The summed E-state index contributed by atoms with van der Waals surface area (Å²) in [6.45, 7) is 4.31. The zero-order valence-corrected chi connectivity index (χ0v) is 11.7. The first kappa shape index (κ1) is 14.0. The number of hydrogen-bond acceptors (Lipinski definition) is 3. The summed E-state index contributed by atoms with van der Waals surface area (Å²) in [5, 5.41) is 0. The molecule has 2 fully saturated rings. The normalized spacial score (nSPS) is 29.3. The minimum absolute atomic E-state index is 0.128. The third kappa shape index (κ3) is 2.92. The highest BCUT2D eigenvalue weighted by Gasteiger charge is 2.34. The SMILES string of the molecule is CC1CCN(S(=O)(=O)N2CCCC(C=O)C2)CC1. The van der Waals surface area contributed by atoms with Crippen LogP contribution in [-0.2, 0) is 15.0 Å². The lowest BCUT2D eigenvalue weighted by Crippen LogP contribution is -2.50. The van der Waals surface area contributed by atoms with Gasteiger partial charge in [-0.3, -0.25) is 0 Å². The molecule has 18 heavy (non-hydrogen) atoms. The third-order valence-corrected chi connectivity index (χ3v) is 6.01. The summed E-state index contributed by atoms with van der Waals surface area (Å²) in [7, 11) is -3.34. The molecule has 0 aromatic heterocycles. The van der Waals surface area contributed by atoms with E-state index in [9.17, 15) is 13.2 Å². The van der Waals surface area contributed by atoms with Crippen LogP contribution >= 0.6 is 0 Å². The van der Waals surface area contributed by atoms with Crippen LogP contribution in [0.4, 0.5) is 0 Å². The number of carbonyl (C=O) groups is 1. The van der Waals surface area contributed by atoms with Crippen LogP contribution < -0.4 is 0 Å². The molecule has 0 spiro atoms. The quantitative estimate of drug-likeness (QED) is 0.718. The van der Waals surface area contributed by atoms with Crippen molar-refractivity contribution < 1.29 is 13.2 Å². The smallest absolute Gasteiger partial charge is 0.281 e. The largest absolute Gasteiger partial charge is 0.303 e. The van der Waals surface area contributed by atoms with Crippen molar-refractivity contribution in [3.8, 4) is 0 Å². The van der Waals surface area contributed by atoms with Gasteiger partial charge in [0, 0.05) is 32.1 Å². The Morgan fingerprint density at radius 2 is 1.72 bits per heavy atom. The number of hydrogen-bond donors (Lipinski definition) is 0. The van der Waals surface area contributed by atoms with E-state index in [0.29, 0.717) is 32.1 Å². The average molecular weight is 274 g/mol. The fraction of sp³-hybridized carbons (Fsp3) is 0.917. The summed E-state index contributed by atoms with van der Waals surface area (Å²) in [6, 6.07) is 0. The summed E-state index contributed by atoms with van der Waals surface area (Å²) >= 11 is 0. The van der Waals surface area contributed by atoms with Crippen molar-refractivity contribution in [1.82, 2.24) is 8.61 Å². The van der Waals surface area contributed by atoms with Crippen molar-refractivity contribution in [1.29, 1.82) is 0 Å². The summed E-state index contributed by atoms with van der Waals surface area (Å²) in [6.07, 6.45) is 4.35. The second-order valence-corrected chi connectivity index (χ2v) is 7.41. The van der Waals surface area contributed by atoms with Gasteiger partial charge in [0.05, 0.1) is 0 Å². The fourth-order valence-electron chi connectivity index (χ4n) is 2.67. The molecule has 0 aliphatic carbocycles. The molecule has 2 rings (SSSR count). The van der Waals surface area contributed by atoms with Gasteiger partial charge in [-0.1, -0.05) is 6.92 Å². The minimum Gasteiger partial charge on any atom is -0.303 e. The monoisotopic (exact) mass is 274 g/mol. The predicted octanol–water partition coefficient (Wildman–Crippen LogP) is 0.874. The summed E-state index contributed by atoms with van der Waals surface area (Å²) < 4.78 is 28.0. The highest BCUT2D eigenvalue weighted by atomic mass is 32.2. The summed E-state index contributed by atoms with van der Waals surface area (Å²) in [5.74, 6) is 0.484. The molecule has 2 saturated heterocycles. The predicted molar refractivity (Wildman–Crippen MR) is 69.3 cm³/mol. The molecule has 0 aromatic rings. The number of nitrogens with zero attached hydrogens (tertiary/aromatic N) is 2. The van der Waals surface area contributed by atoms with Gasteiger partial charge < -0.3 is 4.79 Å². The Morgan fingerprint density at radius 1 is 1.06 bits per heavy atom. The first-order valence-electron chi connectivity index (χ1n) is 6.74. The van der Waals surface area contributed by atoms with Crippen molar-refractivity contribution >= 4 is 16.5 Å². The fourth-order valence-corrected chi connectivity index (χ4v) is 4.41. The van der Waals surface area contributed by atoms with Gasteiger partial charge in [0.25, 0.3) is 10.2 Å². The van der Waals surface area contributed by atoms with E-state index in [1.165, 1.54) is 4.31 Å². The van der Waals surface area contributed by atoms with E-state index in [-0.39, 0.29) is 5.92 Å². The van der Waals surface area contributed by atoms with Gasteiger partial charge in [-0.2, -0.15) is 17.0 Å². The van der Waals surface area contributed by atoms with E-state index in [1.807, 2.05) is 0 Å². The van der Waals surface area contributed by atoms with E-state index in [0.717, 1.165) is 32.0 Å². The number of piperidine rings is 2. The molecule has 0 N–H and O–H groups in total. The van der Waals surface area contributed by atoms with E-state index in [1.54, 1.807) is 4.31 Å². The molecular formula is C12H22N2O3S. The third-order valence-electron chi connectivity index (χ3n) is 4.01. The van der Waals surface area contributed by atoms with E-state index in [2.05, 4.69) is 6.92 Å². The molecule has 2 aliphatic heterocycles. The van der Waals surface area contributed by atoms with E-state index >= 15 is 0 Å². The topological polar surface area (TPSA) is 57.7 Å². The molecule has 2 aliphatic rings. The van der Waals surface area contributed by atoms with Gasteiger partial charge in [0.1, 0.15) is 6.29 Å². The van der Waals surface area contributed by atoms with Crippen LogP contribution in [-0.4, -0.2) is 49.5 Å². The molecular weight excluding hydrogens is 252 g/mol. The maximum atomic E-state index is 12.4. The zero-order chi connectivity index (χ0) is 13.2. The molecule has 0 bridgehead atoms. The average Bonchev–Trinajstić information content (AvgIpc) is 2.39. The van der Waals surface area contributed by atoms with E-state index < -0.39 is 10.2 Å². The van der Waals surface area contributed by atoms with Crippen LogP contribution in [0.25, 0.3) is 0 Å². The molecule has 104 valence electrons. The van der Waals surface area contributed by atoms with Gasteiger partial charge in [-0.05, 0) is 31.6 Å². The van der Waals surface area contributed by atoms with Crippen LogP contribution in [0.15, 0.2) is 0 Å². The molecule has 6 heteroatoms. The second-order valence-electron chi connectivity index (χ2n) is 5.49. The molecule has 1 atom stereocenters. The van der Waals surface area contributed by atoms with E-state index in [4.69, 9.17) is 0 Å². The van der Waals surface area contributed by atoms with Gasteiger partial charge in [0.15, 0.2) is 0 Å². The van der Waals surface area contributed by atoms with Gasteiger partial charge >= 0.3 is 0 Å². The molecule has 2 heterocycles. The van der Waals surface area contributed by atoms with Crippen molar-refractivity contribution in [2.24, 2.45) is 11.8 Å². The Balaban J connectivity index is 2.03. The summed E-state index contributed by atoms with van der Waals surface area (Å²) in [5.41, 5.74) is 0. The standard InChI is InChI=1S/C12H22N2O3S/c1-11-4-7-13(8-5-11)18(16,17)14-6-2-3-12(9-14)10-15/h10-12H,2-9H2,1H3. The Morgan fingerprint density at radius 3 is 2.33 bits per heavy atom. The van der Waals surface area contributed by atoms with Crippen LogP contribution in [0.1, 0.15) is 32.6 Å². The lowest BCUT2D eigenvalue weighted by molar-refractivity contribution is -0.112. The number of aldehydes is 1. The van der Waals surface area contributed by atoms with Gasteiger partial charge in [0.2, 0.25) is 0 Å². The Hall–Kier alpha value is -0.460. The molecule has 5 nitrogen and oxygen atoms in total. The van der Waals surface area contributed by atoms with Crippen LogP contribution in [0.5, 0.6) is 0 Å². The van der Waals surface area contributed by atoms with Gasteiger partial charge in [-0.15, -0.1) is 0 Å². The maximum Gasteiger partial charge on any atom is 0.281 e. The Kier molecular flexibility index (Phi) is 4.40. The minimum atomic E-state index is -3.34. The molecule has 0 aromatic carbocycles. The lowest BCUT2D eigenvalue weighted by Gasteiger charge is -2.36. The van der Waals surface area contributed by atoms with Crippen molar-refractivity contribution in [2.75, 3.05) is 26.2 Å². The molecule has 0 radical (unpaired) electrons. The highest BCUT2D eigenvalue weighted by molar-refractivity contribution is 7.86. The maximum absolute atomic E-state index is 12.4. The molecule has 1 unspecified atom stereocenters. The molecule has 0 saturated carbocycles. The second kappa shape index (κ2) is 5.67. The number of rotatable bonds is 3.